The second kappa shape index (κ2) is 7.40. The SMILES string of the molecule is N[C@@H](Cc1ccccc1)C(=O)N1CCC(n2c(=O)[nH]c3ccccc32)CC1. The van der Waals surface area contributed by atoms with Crippen molar-refractivity contribution in [1.82, 2.24) is 14.5 Å². The highest BCUT2D eigenvalue weighted by Gasteiger charge is 2.28. The van der Waals surface area contributed by atoms with E-state index in [1.165, 1.54) is 0 Å². The van der Waals surface area contributed by atoms with Crippen molar-refractivity contribution in [3.63, 3.8) is 0 Å². The molecule has 1 aliphatic rings. The number of para-hydroxylation sites is 2. The van der Waals surface area contributed by atoms with E-state index in [-0.39, 0.29) is 17.6 Å². The molecule has 1 amide bonds. The zero-order chi connectivity index (χ0) is 18.8. The number of likely N-dealkylation sites (tertiary alicyclic amines) is 1. The van der Waals surface area contributed by atoms with Crippen LogP contribution in [-0.4, -0.2) is 39.5 Å². The maximum Gasteiger partial charge on any atom is 0.326 e. The minimum atomic E-state index is -0.528. The number of carbonyl (C=O) groups excluding carboxylic acids is 1. The fourth-order valence-electron chi connectivity index (χ4n) is 3.97. The van der Waals surface area contributed by atoms with Crippen LogP contribution in [0.25, 0.3) is 11.0 Å². The van der Waals surface area contributed by atoms with Gasteiger partial charge in [-0.2, -0.15) is 0 Å². The molecule has 1 atom stereocenters. The molecule has 140 valence electrons. The van der Waals surface area contributed by atoms with Crippen LogP contribution in [0.5, 0.6) is 0 Å². The molecule has 0 saturated carbocycles. The molecule has 2 heterocycles. The number of nitrogens with one attached hydrogen (secondary N) is 1. The monoisotopic (exact) mass is 364 g/mol. The zero-order valence-electron chi connectivity index (χ0n) is 15.2. The Balaban J connectivity index is 1.42. The summed E-state index contributed by atoms with van der Waals surface area (Å²) in [6.45, 7) is 1.25. The fourth-order valence-corrected chi connectivity index (χ4v) is 3.97. The maximum atomic E-state index is 12.7. The molecule has 0 aliphatic carbocycles. The largest absolute Gasteiger partial charge is 0.341 e. The Morgan fingerprint density at radius 2 is 1.74 bits per heavy atom. The molecule has 6 nitrogen and oxygen atoms in total. The van der Waals surface area contributed by atoms with Crippen LogP contribution in [0.3, 0.4) is 0 Å². The molecule has 0 spiro atoms. The first kappa shape index (κ1) is 17.5. The van der Waals surface area contributed by atoms with E-state index in [1.807, 2.05) is 64.1 Å². The van der Waals surface area contributed by atoms with Crippen molar-refractivity contribution in [3.05, 3.63) is 70.6 Å². The van der Waals surface area contributed by atoms with Gasteiger partial charge in [0.05, 0.1) is 17.1 Å². The Bertz CT molecular complexity index is 984. The van der Waals surface area contributed by atoms with Crippen LogP contribution in [0, 0.1) is 0 Å². The van der Waals surface area contributed by atoms with Crippen molar-refractivity contribution >= 4 is 16.9 Å². The lowest BCUT2D eigenvalue weighted by atomic mass is 10.0. The van der Waals surface area contributed by atoms with Gasteiger partial charge in [-0.15, -0.1) is 0 Å². The third kappa shape index (κ3) is 3.53. The summed E-state index contributed by atoms with van der Waals surface area (Å²) in [5.41, 5.74) is 8.92. The number of hydrogen-bond acceptors (Lipinski definition) is 3. The predicted octanol–water partition coefficient (Wildman–Crippen LogP) is 2.06. The van der Waals surface area contributed by atoms with Gasteiger partial charge in [-0.1, -0.05) is 42.5 Å². The maximum absolute atomic E-state index is 12.7. The van der Waals surface area contributed by atoms with E-state index in [0.29, 0.717) is 19.5 Å². The Hall–Kier alpha value is -2.86. The normalized spacial score (nSPS) is 16.6. The predicted molar refractivity (Wildman–Crippen MR) is 106 cm³/mol. The molecule has 4 rings (SSSR count). The average molecular weight is 364 g/mol. The lowest BCUT2D eigenvalue weighted by Crippen LogP contribution is -2.48. The molecule has 2 aromatic carbocycles. The molecule has 1 aliphatic heterocycles. The van der Waals surface area contributed by atoms with Crippen LogP contribution >= 0.6 is 0 Å². The van der Waals surface area contributed by atoms with E-state index < -0.39 is 6.04 Å². The van der Waals surface area contributed by atoms with Crippen LogP contribution in [0.15, 0.2) is 59.4 Å². The Morgan fingerprint density at radius 3 is 2.48 bits per heavy atom. The van der Waals surface area contributed by atoms with Gasteiger partial charge in [0, 0.05) is 19.1 Å². The zero-order valence-corrected chi connectivity index (χ0v) is 15.2. The number of fused-ring (bicyclic) bond motifs is 1. The molecular weight excluding hydrogens is 340 g/mol. The van der Waals surface area contributed by atoms with Crippen LogP contribution < -0.4 is 11.4 Å². The Morgan fingerprint density at radius 1 is 1.07 bits per heavy atom. The molecular formula is C21H24N4O2. The van der Waals surface area contributed by atoms with Crippen molar-refractivity contribution in [3.8, 4) is 0 Å². The number of imidazole rings is 1. The first-order valence-corrected chi connectivity index (χ1v) is 9.41. The van der Waals surface area contributed by atoms with Crippen LogP contribution in [0.4, 0.5) is 0 Å². The molecule has 1 saturated heterocycles. The molecule has 27 heavy (non-hydrogen) atoms. The molecule has 6 heteroatoms. The quantitative estimate of drug-likeness (QED) is 0.743. The van der Waals surface area contributed by atoms with Gasteiger partial charge in [0.15, 0.2) is 0 Å². The molecule has 0 radical (unpaired) electrons. The van der Waals surface area contributed by atoms with Crippen molar-refractivity contribution in [2.75, 3.05) is 13.1 Å². The summed E-state index contributed by atoms with van der Waals surface area (Å²) in [7, 11) is 0. The van der Waals surface area contributed by atoms with E-state index in [1.54, 1.807) is 0 Å². The lowest BCUT2D eigenvalue weighted by molar-refractivity contribution is -0.133. The van der Waals surface area contributed by atoms with Crippen molar-refractivity contribution in [2.24, 2.45) is 5.73 Å². The standard InChI is InChI=1S/C21H24N4O2/c22-17(14-15-6-2-1-3-7-15)20(26)24-12-10-16(11-13-24)25-19-9-5-4-8-18(19)23-21(25)27/h1-9,16-17H,10-14,22H2,(H,23,27)/t17-/m0/s1. The number of rotatable bonds is 4. The molecule has 1 fully saturated rings. The number of nitrogens with zero attached hydrogens (tertiary/aromatic N) is 2. The van der Waals surface area contributed by atoms with E-state index in [4.69, 9.17) is 5.73 Å². The number of benzene rings is 2. The fraction of sp³-hybridized carbons (Fsp3) is 0.333. The Labute approximate surface area is 157 Å². The van der Waals surface area contributed by atoms with Gasteiger partial charge in [-0.05, 0) is 37.0 Å². The summed E-state index contributed by atoms with van der Waals surface area (Å²) in [6, 6.07) is 17.1. The molecule has 0 bridgehead atoms. The number of carbonyl (C=O) groups is 1. The van der Waals surface area contributed by atoms with Crippen molar-refractivity contribution in [1.29, 1.82) is 0 Å². The summed E-state index contributed by atoms with van der Waals surface area (Å²) in [4.78, 5) is 29.8. The number of aromatic amines is 1. The molecule has 0 unspecified atom stereocenters. The summed E-state index contributed by atoms with van der Waals surface area (Å²) in [5, 5.41) is 0. The number of piperidine rings is 1. The third-order valence-electron chi connectivity index (χ3n) is 5.38. The van der Waals surface area contributed by atoms with Gasteiger partial charge < -0.3 is 15.6 Å². The second-order valence-electron chi connectivity index (χ2n) is 7.17. The lowest BCUT2D eigenvalue weighted by Gasteiger charge is -2.34. The van der Waals surface area contributed by atoms with Gasteiger partial charge in [-0.25, -0.2) is 4.79 Å². The average Bonchev–Trinajstić information content (AvgIpc) is 3.04. The van der Waals surface area contributed by atoms with Gasteiger partial charge in [0.25, 0.3) is 0 Å². The minimum absolute atomic E-state index is 0.0106. The molecule has 3 N–H and O–H groups in total. The highest BCUT2D eigenvalue weighted by molar-refractivity contribution is 5.82. The highest BCUT2D eigenvalue weighted by atomic mass is 16.2. The van der Waals surface area contributed by atoms with E-state index in [2.05, 4.69) is 4.98 Å². The van der Waals surface area contributed by atoms with E-state index >= 15 is 0 Å². The first-order chi connectivity index (χ1) is 13.1. The number of aromatic nitrogens is 2. The number of H-pyrrole nitrogens is 1. The Kier molecular flexibility index (Phi) is 4.81. The van der Waals surface area contributed by atoms with Crippen molar-refractivity contribution < 1.29 is 4.79 Å². The topological polar surface area (TPSA) is 84.1 Å². The van der Waals surface area contributed by atoms with E-state index in [0.717, 1.165) is 29.4 Å². The molecule has 1 aromatic heterocycles. The smallest absolute Gasteiger partial charge is 0.326 e. The van der Waals surface area contributed by atoms with Gasteiger partial charge in [-0.3, -0.25) is 9.36 Å². The van der Waals surface area contributed by atoms with Gasteiger partial charge >= 0.3 is 5.69 Å². The van der Waals surface area contributed by atoms with Gasteiger partial charge in [0.2, 0.25) is 5.91 Å². The van der Waals surface area contributed by atoms with Gasteiger partial charge in [0.1, 0.15) is 0 Å². The van der Waals surface area contributed by atoms with Crippen LogP contribution in [-0.2, 0) is 11.2 Å². The summed E-state index contributed by atoms with van der Waals surface area (Å²) >= 11 is 0. The number of nitrogens with two attached hydrogens (primary N) is 1. The summed E-state index contributed by atoms with van der Waals surface area (Å²) < 4.78 is 1.83. The van der Waals surface area contributed by atoms with Crippen LogP contribution in [0.1, 0.15) is 24.4 Å². The van der Waals surface area contributed by atoms with E-state index in [9.17, 15) is 9.59 Å². The number of amides is 1. The van der Waals surface area contributed by atoms with Crippen molar-refractivity contribution in [2.45, 2.75) is 31.3 Å². The first-order valence-electron chi connectivity index (χ1n) is 9.41. The highest BCUT2D eigenvalue weighted by Crippen LogP contribution is 2.25. The third-order valence-corrected chi connectivity index (χ3v) is 5.38. The summed E-state index contributed by atoms with van der Waals surface area (Å²) in [5.74, 6) is -0.0106. The summed E-state index contributed by atoms with van der Waals surface area (Å²) in [6.07, 6.45) is 2.05. The minimum Gasteiger partial charge on any atom is -0.341 e. The molecule has 3 aromatic rings. The second-order valence-corrected chi connectivity index (χ2v) is 7.17. The number of hydrogen-bond donors (Lipinski definition) is 2. The van der Waals surface area contributed by atoms with Crippen LogP contribution in [0.2, 0.25) is 0 Å².